The quantitative estimate of drug-likeness (QED) is 0.489. The van der Waals surface area contributed by atoms with Crippen LogP contribution in [0.4, 0.5) is 0 Å². The minimum atomic E-state index is -0.536. The van der Waals surface area contributed by atoms with Crippen LogP contribution in [0, 0.1) is 0 Å². The van der Waals surface area contributed by atoms with Gasteiger partial charge in [-0.3, -0.25) is 0 Å². The molecule has 0 saturated carbocycles. The summed E-state index contributed by atoms with van der Waals surface area (Å²) in [5, 5.41) is 17.8. The predicted molar refractivity (Wildman–Crippen MR) is 45.2 cm³/mol. The smallest absolute Gasteiger partial charge is 0.0713 e. The Bertz CT molecular complexity index is 88.2. The molecule has 68 valence electrons. The van der Waals surface area contributed by atoms with Gasteiger partial charge >= 0.3 is 0 Å². The Balaban J connectivity index is 3.28. The molecule has 4 N–H and O–H groups in total. The number of aliphatic hydroxyl groups is 2. The molecule has 2 atom stereocenters. The maximum Gasteiger partial charge on any atom is 0.0713 e. The van der Waals surface area contributed by atoms with E-state index in [4.69, 9.17) is 10.8 Å². The van der Waals surface area contributed by atoms with Gasteiger partial charge in [0.1, 0.15) is 0 Å². The largest absolute Gasteiger partial charge is 0.395 e. The number of aliphatic hydroxyl groups excluding tert-OH is 2. The van der Waals surface area contributed by atoms with Crippen LogP contribution in [-0.2, 0) is 0 Å². The average Bonchev–Trinajstić information content (AvgIpc) is 2.03. The van der Waals surface area contributed by atoms with Crippen LogP contribution in [0.1, 0.15) is 32.6 Å². The first-order chi connectivity index (χ1) is 5.22. The number of rotatable bonds is 6. The van der Waals surface area contributed by atoms with E-state index in [0.29, 0.717) is 6.42 Å². The van der Waals surface area contributed by atoms with E-state index in [1.54, 1.807) is 0 Å². The molecule has 0 heterocycles. The summed E-state index contributed by atoms with van der Waals surface area (Å²) >= 11 is 0. The average molecular weight is 161 g/mol. The highest BCUT2D eigenvalue weighted by Gasteiger charge is 2.11. The molecule has 0 aliphatic carbocycles. The lowest BCUT2D eigenvalue weighted by molar-refractivity contribution is 0.0991. The molecule has 0 aromatic carbocycles. The highest BCUT2D eigenvalue weighted by Crippen LogP contribution is 2.04. The van der Waals surface area contributed by atoms with Crippen LogP contribution in [-0.4, -0.2) is 29.0 Å². The Morgan fingerprint density at radius 2 is 2.00 bits per heavy atom. The van der Waals surface area contributed by atoms with Gasteiger partial charge in [-0.15, -0.1) is 0 Å². The number of hydrogen-bond acceptors (Lipinski definition) is 3. The second kappa shape index (κ2) is 6.58. The summed E-state index contributed by atoms with van der Waals surface area (Å²) in [7, 11) is 0. The number of unbranched alkanes of at least 4 members (excludes halogenated alkanes) is 2. The van der Waals surface area contributed by atoms with E-state index in [-0.39, 0.29) is 6.61 Å². The fraction of sp³-hybridized carbons (Fsp3) is 1.00. The standard InChI is InChI=1S/C8H19NO2/c1-2-3-4-5-8(11)7(9)6-10/h7-8,10-11H,2-6,9H2,1H3/t7-,8+/m0/s1. The SMILES string of the molecule is CCCCC[C@@H](O)[C@@H](N)CO. The highest BCUT2D eigenvalue weighted by atomic mass is 16.3. The van der Waals surface area contributed by atoms with Gasteiger partial charge in [0.15, 0.2) is 0 Å². The van der Waals surface area contributed by atoms with Crippen molar-refractivity contribution in [2.24, 2.45) is 5.73 Å². The first-order valence-corrected chi connectivity index (χ1v) is 4.26. The third kappa shape index (κ3) is 5.18. The van der Waals surface area contributed by atoms with Gasteiger partial charge in [-0.25, -0.2) is 0 Å². The van der Waals surface area contributed by atoms with Crippen molar-refractivity contribution >= 4 is 0 Å². The summed E-state index contributed by atoms with van der Waals surface area (Å²) in [4.78, 5) is 0. The second-order valence-corrected chi connectivity index (χ2v) is 2.91. The molecule has 0 saturated heterocycles. The number of nitrogens with two attached hydrogens (primary N) is 1. The molecule has 0 unspecified atom stereocenters. The Labute approximate surface area is 68.2 Å². The molecule has 0 rings (SSSR count). The summed E-state index contributed by atoms with van der Waals surface area (Å²) in [5.41, 5.74) is 5.40. The van der Waals surface area contributed by atoms with E-state index in [1.807, 2.05) is 0 Å². The van der Waals surface area contributed by atoms with Crippen LogP contribution in [0.2, 0.25) is 0 Å². The molecule has 0 amide bonds. The van der Waals surface area contributed by atoms with Gasteiger partial charge in [0.2, 0.25) is 0 Å². The second-order valence-electron chi connectivity index (χ2n) is 2.91. The Morgan fingerprint density at radius 1 is 1.36 bits per heavy atom. The Morgan fingerprint density at radius 3 is 2.45 bits per heavy atom. The molecule has 0 fully saturated rings. The van der Waals surface area contributed by atoms with E-state index < -0.39 is 12.1 Å². The van der Waals surface area contributed by atoms with Crippen LogP contribution >= 0.6 is 0 Å². The van der Waals surface area contributed by atoms with E-state index >= 15 is 0 Å². The fourth-order valence-corrected chi connectivity index (χ4v) is 0.939. The molecule has 3 heteroatoms. The van der Waals surface area contributed by atoms with E-state index in [9.17, 15) is 5.11 Å². The first-order valence-electron chi connectivity index (χ1n) is 4.26. The van der Waals surface area contributed by atoms with Gasteiger partial charge in [0.25, 0.3) is 0 Å². The highest BCUT2D eigenvalue weighted by molar-refractivity contribution is 4.69. The lowest BCUT2D eigenvalue weighted by Crippen LogP contribution is -2.37. The van der Waals surface area contributed by atoms with Crippen molar-refractivity contribution in [3.05, 3.63) is 0 Å². The molecule has 0 aliphatic rings. The monoisotopic (exact) mass is 161 g/mol. The molecule has 0 bridgehead atoms. The molecular weight excluding hydrogens is 142 g/mol. The summed E-state index contributed by atoms with van der Waals surface area (Å²) in [5.74, 6) is 0. The molecule has 11 heavy (non-hydrogen) atoms. The van der Waals surface area contributed by atoms with Crippen molar-refractivity contribution < 1.29 is 10.2 Å². The summed E-state index contributed by atoms with van der Waals surface area (Å²) < 4.78 is 0. The maximum absolute atomic E-state index is 9.26. The van der Waals surface area contributed by atoms with Gasteiger partial charge in [0.05, 0.1) is 18.8 Å². The molecule has 0 radical (unpaired) electrons. The van der Waals surface area contributed by atoms with Crippen molar-refractivity contribution in [1.29, 1.82) is 0 Å². The van der Waals surface area contributed by atoms with Crippen LogP contribution in [0.25, 0.3) is 0 Å². The zero-order chi connectivity index (χ0) is 8.69. The molecule has 0 aliphatic heterocycles. The van der Waals surface area contributed by atoms with Gasteiger partial charge in [-0.2, -0.15) is 0 Å². The Hall–Kier alpha value is -0.120. The lowest BCUT2D eigenvalue weighted by atomic mass is 10.1. The number of hydrogen-bond donors (Lipinski definition) is 3. The molecule has 0 aromatic rings. The van der Waals surface area contributed by atoms with Crippen LogP contribution in [0.3, 0.4) is 0 Å². The molecular formula is C8H19NO2. The van der Waals surface area contributed by atoms with Crippen molar-refractivity contribution in [3.63, 3.8) is 0 Å². The zero-order valence-corrected chi connectivity index (χ0v) is 7.16. The van der Waals surface area contributed by atoms with Gasteiger partial charge in [0, 0.05) is 0 Å². The fourth-order valence-electron chi connectivity index (χ4n) is 0.939. The van der Waals surface area contributed by atoms with Crippen molar-refractivity contribution in [2.45, 2.75) is 44.8 Å². The van der Waals surface area contributed by atoms with Crippen molar-refractivity contribution in [1.82, 2.24) is 0 Å². The maximum atomic E-state index is 9.26. The minimum absolute atomic E-state index is 0.132. The zero-order valence-electron chi connectivity index (χ0n) is 7.16. The molecule has 3 nitrogen and oxygen atoms in total. The van der Waals surface area contributed by atoms with Crippen LogP contribution in [0.5, 0.6) is 0 Å². The van der Waals surface area contributed by atoms with Gasteiger partial charge in [-0.1, -0.05) is 26.2 Å². The van der Waals surface area contributed by atoms with Crippen LogP contribution in [0.15, 0.2) is 0 Å². The topological polar surface area (TPSA) is 66.5 Å². The van der Waals surface area contributed by atoms with Gasteiger partial charge in [-0.05, 0) is 6.42 Å². The third-order valence-corrected chi connectivity index (χ3v) is 1.81. The normalized spacial score (nSPS) is 16.4. The Kier molecular flexibility index (Phi) is 6.51. The van der Waals surface area contributed by atoms with Crippen LogP contribution < -0.4 is 5.73 Å². The summed E-state index contributed by atoms with van der Waals surface area (Å²) in [6.45, 7) is 1.98. The van der Waals surface area contributed by atoms with E-state index in [1.165, 1.54) is 0 Å². The third-order valence-electron chi connectivity index (χ3n) is 1.81. The van der Waals surface area contributed by atoms with E-state index in [0.717, 1.165) is 19.3 Å². The minimum Gasteiger partial charge on any atom is -0.395 e. The predicted octanol–water partition coefficient (Wildman–Crippen LogP) is 0.247. The summed E-state index contributed by atoms with van der Waals surface area (Å²) in [6.07, 6.45) is 3.42. The molecule has 0 spiro atoms. The van der Waals surface area contributed by atoms with Crippen molar-refractivity contribution in [3.8, 4) is 0 Å². The molecule has 0 aromatic heterocycles. The van der Waals surface area contributed by atoms with Crippen molar-refractivity contribution in [2.75, 3.05) is 6.61 Å². The summed E-state index contributed by atoms with van der Waals surface area (Å²) in [6, 6.07) is -0.466. The van der Waals surface area contributed by atoms with Gasteiger partial charge < -0.3 is 15.9 Å². The first kappa shape index (κ1) is 10.9. The van der Waals surface area contributed by atoms with E-state index in [2.05, 4.69) is 6.92 Å². The lowest BCUT2D eigenvalue weighted by Gasteiger charge is -2.15.